The van der Waals surface area contributed by atoms with Gasteiger partial charge < -0.3 is 4.74 Å². The van der Waals surface area contributed by atoms with Crippen molar-refractivity contribution in [2.75, 3.05) is 12.5 Å². The molecule has 1 nitrogen and oxygen atoms in total. The van der Waals surface area contributed by atoms with Crippen molar-refractivity contribution in [2.45, 2.75) is 32.6 Å². The van der Waals surface area contributed by atoms with Crippen LogP contribution in [0.3, 0.4) is 0 Å². The Balaban J connectivity index is 2.00. The van der Waals surface area contributed by atoms with Crippen LogP contribution < -0.4 is 4.74 Å². The van der Waals surface area contributed by atoms with E-state index in [0.29, 0.717) is 18.4 Å². The summed E-state index contributed by atoms with van der Waals surface area (Å²) in [5, 5.41) is 0. The Labute approximate surface area is 103 Å². The molecule has 0 saturated heterocycles. The molecule has 0 aliphatic heterocycles. The van der Waals surface area contributed by atoms with Gasteiger partial charge in [-0.05, 0) is 48.9 Å². The van der Waals surface area contributed by atoms with Gasteiger partial charge in [0, 0.05) is 11.8 Å². The van der Waals surface area contributed by atoms with Gasteiger partial charge in [0.05, 0.1) is 6.61 Å². The zero-order valence-electron chi connectivity index (χ0n) is 9.84. The van der Waals surface area contributed by atoms with E-state index in [1.54, 1.807) is 0 Å². The largest absolute Gasteiger partial charge is 0.493 e. The number of alkyl halides is 1. The van der Waals surface area contributed by atoms with Crippen LogP contribution in [-0.2, 0) is 12.8 Å². The van der Waals surface area contributed by atoms with Crippen molar-refractivity contribution in [1.82, 2.24) is 0 Å². The fraction of sp³-hybridized carbons (Fsp3) is 0.571. The van der Waals surface area contributed by atoms with Crippen molar-refractivity contribution in [3.63, 3.8) is 0 Å². The van der Waals surface area contributed by atoms with Crippen molar-refractivity contribution in [1.29, 1.82) is 0 Å². The second kappa shape index (κ2) is 5.58. The Morgan fingerprint density at radius 3 is 2.75 bits per heavy atom. The lowest BCUT2D eigenvalue weighted by Gasteiger charge is -2.17. The lowest BCUT2D eigenvalue weighted by atomic mass is 9.92. The SMILES string of the molecule is CC(CCl)COc1ccc2c(c1)CCCC2. The molecule has 1 aliphatic rings. The van der Waals surface area contributed by atoms with E-state index >= 15 is 0 Å². The molecular weight excluding hydrogens is 220 g/mol. The summed E-state index contributed by atoms with van der Waals surface area (Å²) in [4.78, 5) is 0. The normalized spacial score (nSPS) is 16.6. The van der Waals surface area contributed by atoms with Crippen LogP contribution in [0.5, 0.6) is 5.75 Å². The number of halogens is 1. The molecule has 1 aromatic rings. The van der Waals surface area contributed by atoms with E-state index in [1.165, 1.54) is 36.8 Å². The first-order chi connectivity index (χ1) is 7.79. The third kappa shape index (κ3) is 2.91. The van der Waals surface area contributed by atoms with E-state index in [9.17, 15) is 0 Å². The van der Waals surface area contributed by atoms with Gasteiger partial charge in [0.15, 0.2) is 0 Å². The summed E-state index contributed by atoms with van der Waals surface area (Å²) < 4.78 is 5.74. The number of ether oxygens (including phenoxy) is 1. The van der Waals surface area contributed by atoms with E-state index < -0.39 is 0 Å². The summed E-state index contributed by atoms with van der Waals surface area (Å²) in [6.07, 6.45) is 5.08. The molecule has 0 bridgehead atoms. The number of aryl methyl sites for hydroxylation is 2. The molecule has 1 unspecified atom stereocenters. The average Bonchev–Trinajstić information content (AvgIpc) is 2.35. The summed E-state index contributed by atoms with van der Waals surface area (Å²) in [5.41, 5.74) is 2.98. The zero-order chi connectivity index (χ0) is 11.4. The minimum absolute atomic E-state index is 0.415. The van der Waals surface area contributed by atoms with Crippen LogP contribution in [0, 0.1) is 5.92 Å². The maximum Gasteiger partial charge on any atom is 0.119 e. The van der Waals surface area contributed by atoms with E-state index in [1.807, 2.05) is 0 Å². The van der Waals surface area contributed by atoms with Crippen LogP contribution in [0.2, 0.25) is 0 Å². The molecule has 2 heteroatoms. The van der Waals surface area contributed by atoms with Crippen molar-refractivity contribution in [3.8, 4) is 5.75 Å². The Morgan fingerprint density at radius 1 is 1.25 bits per heavy atom. The van der Waals surface area contributed by atoms with Crippen LogP contribution >= 0.6 is 11.6 Å². The predicted octanol–water partition coefficient (Wildman–Crippen LogP) is 3.82. The van der Waals surface area contributed by atoms with Crippen LogP contribution in [0.15, 0.2) is 18.2 Å². The third-order valence-electron chi connectivity index (χ3n) is 3.12. The van der Waals surface area contributed by atoms with Gasteiger partial charge in [0.1, 0.15) is 5.75 Å². The number of fused-ring (bicyclic) bond motifs is 1. The lowest BCUT2D eigenvalue weighted by Crippen LogP contribution is -2.10. The van der Waals surface area contributed by atoms with Crippen LogP contribution in [0.25, 0.3) is 0 Å². The molecule has 0 heterocycles. The highest BCUT2D eigenvalue weighted by Gasteiger charge is 2.10. The standard InChI is InChI=1S/C14H19ClO/c1-11(9-15)10-16-14-7-6-12-4-2-3-5-13(12)8-14/h6-8,11H,2-5,9-10H2,1H3. The molecule has 2 rings (SSSR count). The highest BCUT2D eigenvalue weighted by atomic mass is 35.5. The van der Waals surface area contributed by atoms with Crippen molar-refractivity contribution in [3.05, 3.63) is 29.3 Å². The minimum Gasteiger partial charge on any atom is -0.493 e. The second-order valence-corrected chi connectivity index (χ2v) is 5.02. The van der Waals surface area contributed by atoms with Crippen molar-refractivity contribution in [2.24, 2.45) is 5.92 Å². The molecule has 1 aliphatic carbocycles. The smallest absolute Gasteiger partial charge is 0.119 e. The molecule has 1 atom stereocenters. The van der Waals surface area contributed by atoms with E-state index in [0.717, 1.165) is 5.75 Å². The summed E-state index contributed by atoms with van der Waals surface area (Å²) in [6, 6.07) is 6.51. The average molecular weight is 239 g/mol. The molecule has 0 saturated carbocycles. The summed E-state index contributed by atoms with van der Waals surface area (Å²) >= 11 is 5.75. The molecular formula is C14H19ClO. The van der Waals surface area contributed by atoms with Gasteiger partial charge in [0.2, 0.25) is 0 Å². The molecule has 0 fully saturated rings. The molecule has 88 valence electrons. The first-order valence-electron chi connectivity index (χ1n) is 6.10. The fourth-order valence-electron chi connectivity index (χ4n) is 2.08. The van der Waals surface area contributed by atoms with Crippen molar-refractivity contribution >= 4 is 11.6 Å². The number of benzene rings is 1. The molecule has 0 spiro atoms. The highest BCUT2D eigenvalue weighted by molar-refractivity contribution is 6.18. The van der Waals surface area contributed by atoms with Crippen molar-refractivity contribution < 1.29 is 4.74 Å². The number of hydrogen-bond acceptors (Lipinski definition) is 1. The van der Waals surface area contributed by atoms with Gasteiger partial charge >= 0.3 is 0 Å². The van der Waals surface area contributed by atoms with Gasteiger partial charge in [-0.25, -0.2) is 0 Å². The Hall–Kier alpha value is -0.690. The molecule has 16 heavy (non-hydrogen) atoms. The van der Waals surface area contributed by atoms with Gasteiger partial charge in [-0.3, -0.25) is 0 Å². The summed E-state index contributed by atoms with van der Waals surface area (Å²) in [7, 11) is 0. The molecule has 0 amide bonds. The molecule has 1 aromatic carbocycles. The number of rotatable bonds is 4. The van der Waals surface area contributed by atoms with Gasteiger partial charge in [-0.2, -0.15) is 0 Å². The lowest BCUT2D eigenvalue weighted by molar-refractivity contribution is 0.272. The van der Waals surface area contributed by atoms with Gasteiger partial charge in [0.25, 0.3) is 0 Å². The maximum atomic E-state index is 5.75. The predicted molar refractivity (Wildman–Crippen MR) is 68.5 cm³/mol. The van der Waals surface area contributed by atoms with Crippen LogP contribution in [0.4, 0.5) is 0 Å². The highest BCUT2D eigenvalue weighted by Crippen LogP contribution is 2.25. The Morgan fingerprint density at radius 2 is 2.00 bits per heavy atom. The summed E-state index contributed by atoms with van der Waals surface area (Å²) in [5.74, 6) is 2.07. The first-order valence-corrected chi connectivity index (χ1v) is 6.63. The molecule has 0 radical (unpaired) electrons. The number of hydrogen-bond donors (Lipinski definition) is 0. The molecule has 0 N–H and O–H groups in total. The summed E-state index contributed by atoms with van der Waals surface area (Å²) in [6.45, 7) is 2.81. The Kier molecular flexibility index (Phi) is 4.11. The van der Waals surface area contributed by atoms with Crippen LogP contribution in [0.1, 0.15) is 30.9 Å². The maximum absolute atomic E-state index is 5.75. The fourth-order valence-corrected chi connectivity index (χ4v) is 2.17. The minimum atomic E-state index is 0.415. The van der Waals surface area contributed by atoms with Gasteiger partial charge in [-0.15, -0.1) is 11.6 Å². The van der Waals surface area contributed by atoms with E-state index in [4.69, 9.17) is 16.3 Å². The van der Waals surface area contributed by atoms with E-state index in [-0.39, 0.29) is 0 Å². The monoisotopic (exact) mass is 238 g/mol. The third-order valence-corrected chi connectivity index (χ3v) is 3.64. The van der Waals surface area contributed by atoms with Crippen LogP contribution in [-0.4, -0.2) is 12.5 Å². The zero-order valence-corrected chi connectivity index (χ0v) is 10.6. The Bertz CT molecular complexity index is 349. The van der Waals surface area contributed by atoms with E-state index in [2.05, 4.69) is 25.1 Å². The van der Waals surface area contributed by atoms with Gasteiger partial charge in [-0.1, -0.05) is 13.0 Å². The topological polar surface area (TPSA) is 9.23 Å². The second-order valence-electron chi connectivity index (χ2n) is 4.71. The molecule has 0 aromatic heterocycles. The quantitative estimate of drug-likeness (QED) is 0.725. The first kappa shape index (κ1) is 11.8.